The van der Waals surface area contributed by atoms with E-state index in [9.17, 15) is 4.79 Å². The van der Waals surface area contributed by atoms with E-state index >= 15 is 0 Å². The van der Waals surface area contributed by atoms with Crippen LogP contribution in [0.5, 0.6) is 0 Å². The first kappa shape index (κ1) is 16.0. The zero-order chi connectivity index (χ0) is 16.1. The number of piperidine rings is 1. The smallest absolute Gasteiger partial charge is 0.254 e. The number of amides is 1. The van der Waals surface area contributed by atoms with E-state index in [0.29, 0.717) is 6.04 Å². The van der Waals surface area contributed by atoms with E-state index in [1.165, 1.54) is 6.42 Å². The molecular formula is C20H25NO2. The van der Waals surface area contributed by atoms with Gasteiger partial charge in [-0.25, -0.2) is 0 Å². The van der Waals surface area contributed by atoms with Crippen molar-refractivity contribution in [3.05, 3.63) is 48.0 Å². The van der Waals surface area contributed by atoms with Crippen molar-refractivity contribution in [3.8, 4) is 0 Å². The summed E-state index contributed by atoms with van der Waals surface area (Å²) in [6.07, 6.45) is 5.49. The van der Waals surface area contributed by atoms with Crippen LogP contribution in [0.2, 0.25) is 0 Å². The average Bonchev–Trinajstić information content (AvgIpc) is 2.61. The molecule has 1 atom stereocenters. The maximum atomic E-state index is 13.2. The van der Waals surface area contributed by atoms with E-state index in [2.05, 4.69) is 17.0 Å². The van der Waals surface area contributed by atoms with Crippen molar-refractivity contribution >= 4 is 16.7 Å². The lowest BCUT2D eigenvalue weighted by molar-refractivity contribution is 0.0587. The number of rotatable bonds is 5. The van der Waals surface area contributed by atoms with Gasteiger partial charge in [0, 0.05) is 31.9 Å². The highest BCUT2D eigenvalue weighted by molar-refractivity contribution is 6.07. The first-order valence-electron chi connectivity index (χ1n) is 8.59. The van der Waals surface area contributed by atoms with Crippen LogP contribution in [-0.2, 0) is 4.74 Å². The van der Waals surface area contributed by atoms with Gasteiger partial charge in [-0.2, -0.15) is 0 Å². The second kappa shape index (κ2) is 7.60. The predicted molar refractivity (Wildman–Crippen MR) is 93.7 cm³/mol. The third-order valence-corrected chi connectivity index (χ3v) is 4.79. The highest BCUT2D eigenvalue weighted by Crippen LogP contribution is 2.26. The average molecular weight is 311 g/mol. The van der Waals surface area contributed by atoms with Crippen LogP contribution in [0.3, 0.4) is 0 Å². The Morgan fingerprint density at radius 1 is 1.17 bits per heavy atom. The lowest BCUT2D eigenvalue weighted by Gasteiger charge is -2.36. The summed E-state index contributed by atoms with van der Waals surface area (Å²) in [4.78, 5) is 15.2. The summed E-state index contributed by atoms with van der Waals surface area (Å²) < 4.78 is 5.17. The summed E-state index contributed by atoms with van der Waals surface area (Å²) in [7, 11) is 1.74. The van der Waals surface area contributed by atoms with Crippen molar-refractivity contribution in [3.63, 3.8) is 0 Å². The second-order valence-corrected chi connectivity index (χ2v) is 6.31. The quantitative estimate of drug-likeness (QED) is 0.772. The predicted octanol–water partition coefficient (Wildman–Crippen LogP) is 4.26. The maximum Gasteiger partial charge on any atom is 0.254 e. The van der Waals surface area contributed by atoms with Gasteiger partial charge in [-0.3, -0.25) is 4.79 Å². The maximum absolute atomic E-state index is 13.2. The largest absolute Gasteiger partial charge is 0.385 e. The van der Waals surface area contributed by atoms with Crippen LogP contribution < -0.4 is 0 Å². The van der Waals surface area contributed by atoms with Gasteiger partial charge < -0.3 is 9.64 Å². The van der Waals surface area contributed by atoms with Crippen molar-refractivity contribution in [2.24, 2.45) is 0 Å². The molecule has 3 nitrogen and oxygen atoms in total. The molecule has 0 aliphatic carbocycles. The van der Waals surface area contributed by atoms with E-state index in [4.69, 9.17) is 4.74 Å². The van der Waals surface area contributed by atoms with Crippen molar-refractivity contribution in [2.45, 2.75) is 38.1 Å². The van der Waals surface area contributed by atoms with Crippen molar-refractivity contribution in [1.29, 1.82) is 0 Å². The monoisotopic (exact) mass is 311 g/mol. The molecule has 0 saturated carbocycles. The lowest BCUT2D eigenvalue weighted by Crippen LogP contribution is -2.43. The van der Waals surface area contributed by atoms with Crippen molar-refractivity contribution < 1.29 is 9.53 Å². The van der Waals surface area contributed by atoms with Gasteiger partial charge in [0.15, 0.2) is 0 Å². The van der Waals surface area contributed by atoms with Gasteiger partial charge >= 0.3 is 0 Å². The molecule has 0 bridgehead atoms. The molecule has 0 radical (unpaired) electrons. The van der Waals surface area contributed by atoms with Gasteiger partial charge in [0.05, 0.1) is 0 Å². The molecule has 1 saturated heterocycles. The molecule has 3 rings (SSSR count). The number of likely N-dealkylation sites (tertiary alicyclic amines) is 1. The van der Waals surface area contributed by atoms with Gasteiger partial charge in [0.1, 0.15) is 0 Å². The Bertz CT molecular complexity index is 662. The first-order valence-corrected chi connectivity index (χ1v) is 8.59. The lowest BCUT2D eigenvalue weighted by atomic mass is 9.96. The van der Waals surface area contributed by atoms with Crippen molar-refractivity contribution in [2.75, 3.05) is 20.3 Å². The number of nitrogens with zero attached hydrogens (tertiary/aromatic N) is 1. The number of fused-ring (bicyclic) bond motifs is 1. The van der Waals surface area contributed by atoms with Crippen LogP contribution in [-0.4, -0.2) is 37.1 Å². The summed E-state index contributed by atoms with van der Waals surface area (Å²) in [6.45, 7) is 1.65. The Hall–Kier alpha value is -1.87. The Kier molecular flexibility index (Phi) is 5.29. The molecule has 1 fully saturated rings. The fourth-order valence-corrected chi connectivity index (χ4v) is 3.60. The number of benzene rings is 2. The molecule has 3 heteroatoms. The summed E-state index contributed by atoms with van der Waals surface area (Å²) in [5.74, 6) is 0.184. The summed E-state index contributed by atoms with van der Waals surface area (Å²) in [5.41, 5.74) is 0.835. The van der Waals surface area contributed by atoms with Gasteiger partial charge in [0.2, 0.25) is 0 Å². The minimum atomic E-state index is 0.184. The summed E-state index contributed by atoms with van der Waals surface area (Å²) in [6, 6.07) is 14.5. The van der Waals surface area contributed by atoms with Crippen molar-refractivity contribution in [1.82, 2.24) is 4.90 Å². The fraction of sp³-hybridized carbons (Fsp3) is 0.450. The van der Waals surface area contributed by atoms with Gasteiger partial charge in [-0.05, 0) is 48.9 Å². The van der Waals surface area contributed by atoms with Crippen LogP contribution in [0, 0.1) is 0 Å². The Morgan fingerprint density at radius 2 is 2.00 bits per heavy atom. The molecule has 0 spiro atoms. The highest BCUT2D eigenvalue weighted by Gasteiger charge is 2.27. The number of carbonyl (C=O) groups is 1. The molecule has 1 heterocycles. The molecule has 1 amide bonds. The minimum absolute atomic E-state index is 0.184. The molecule has 122 valence electrons. The Balaban J connectivity index is 1.84. The zero-order valence-corrected chi connectivity index (χ0v) is 13.8. The second-order valence-electron chi connectivity index (χ2n) is 6.31. The number of methoxy groups -OCH3 is 1. The van der Waals surface area contributed by atoms with E-state index in [-0.39, 0.29) is 5.91 Å². The van der Waals surface area contributed by atoms with Crippen LogP contribution >= 0.6 is 0 Å². The van der Waals surface area contributed by atoms with Crippen LogP contribution in [0.4, 0.5) is 0 Å². The van der Waals surface area contributed by atoms with Gasteiger partial charge in [-0.15, -0.1) is 0 Å². The fourth-order valence-electron chi connectivity index (χ4n) is 3.60. The standard InChI is InChI=1S/C20H25NO2/c1-23-15-7-11-17-10-4-5-14-21(17)20(22)19-13-6-9-16-8-2-3-12-18(16)19/h2-3,6,8-9,12-13,17H,4-5,7,10-11,14-15H2,1H3. The van der Waals surface area contributed by atoms with Crippen LogP contribution in [0.25, 0.3) is 10.8 Å². The van der Waals surface area contributed by atoms with E-state index < -0.39 is 0 Å². The molecule has 1 aliphatic rings. The number of ether oxygens (including phenoxy) is 1. The molecule has 2 aromatic rings. The molecule has 0 N–H and O–H groups in total. The molecule has 2 aromatic carbocycles. The van der Waals surface area contributed by atoms with E-state index in [1.807, 2.05) is 30.3 Å². The van der Waals surface area contributed by atoms with E-state index in [0.717, 1.165) is 55.2 Å². The minimum Gasteiger partial charge on any atom is -0.385 e. The van der Waals surface area contributed by atoms with Crippen LogP contribution in [0.15, 0.2) is 42.5 Å². The number of hydrogen-bond acceptors (Lipinski definition) is 2. The number of hydrogen-bond donors (Lipinski definition) is 0. The van der Waals surface area contributed by atoms with E-state index in [1.54, 1.807) is 7.11 Å². The zero-order valence-electron chi connectivity index (χ0n) is 13.8. The normalized spacial score (nSPS) is 18.3. The van der Waals surface area contributed by atoms with Gasteiger partial charge in [-0.1, -0.05) is 36.4 Å². The first-order chi connectivity index (χ1) is 11.3. The molecule has 1 aliphatic heterocycles. The Morgan fingerprint density at radius 3 is 2.87 bits per heavy atom. The molecule has 1 unspecified atom stereocenters. The van der Waals surface area contributed by atoms with Gasteiger partial charge in [0.25, 0.3) is 5.91 Å². The third kappa shape index (κ3) is 3.56. The number of carbonyl (C=O) groups excluding carboxylic acids is 1. The van der Waals surface area contributed by atoms with Crippen LogP contribution in [0.1, 0.15) is 42.5 Å². The molecular weight excluding hydrogens is 286 g/mol. The third-order valence-electron chi connectivity index (χ3n) is 4.79. The summed E-state index contributed by atoms with van der Waals surface area (Å²) >= 11 is 0. The Labute approximate surface area is 138 Å². The topological polar surface area (TPSA) is 29.5 Å². The summed E-state index contributed by atoms with van der Waals surface area (Å²) in [5, 5.41) is 2.19. The SMILES string of the molecule is COCCCC1CCCCN1C(=O)c1cccc2ccccc12. The molecule has 23 heavy (non-hydrogen) atoms. The molecule has 0 aromatic heterocycles. The highest BCUT2D eigenvalue weighted by atomic mass is 16.5.